The van der Waals surface area contributed by atoms with Crippen LogP contribution < -0.4 is 0 Å². The van der Waals surface area contributed by atoms with Crippen molar-refractivity contribution in [2.75, 3.05) is 0 Å². The maximum atomic E-state index is 11.7. The summed E-state index contributed by atoms with van der Waals surface area (Å²) >= 11 is 0. The second kappa shape index (κ2) is 5.32. The Hall–Kier alpha value is -1.37. The lowest BCUT2D eigenvalue weighted by atomic mass is 9.81. The highest BCUT2D eigenvalue weighted by atomic mass is 16.3. The van der Waals surface area contributed by atoms with Crippen molar-refractivity contribution in [2.45, 2.75) is 44.0 Å². The summed E-state index contributed by atoms with van der Waals surface area (Å²) in [5.41, 5.74) is -0.0172. The lowest BCUT2D eigenvalue weighted by Gasteiger charge is -2.30. The normalized spacial score (nSPS) is 38.9. The SMILES string of the molecule is O=C1CC(O)C(O)=CC1=C(O)C1CCC(O)C(O)C1. The van der Waals surface area contributed by atoms with Gasteiger partial charge in [-0.05, 0) is 25.3 Å². The number of Topliss-reactive ketones (excluding diaryl/α,β-unsaturated/α-hetero) is 1. The quantitative estimate of drug-likeness (QED) is 0.340. The van der Waals surface area contributed by atoms with Gasteiger partial charge in [0, 0.05) is 12.3 Å². The minimum atomic E-state index is -1.22. The molecule has 2 aliphatic rings. The highest BCUT2D eigenvalue weighted by Gasteiger charge is 2.33. The van der Waals surface area contributed by atoms with E-state index in [0.29, 0.717) is 12.8 Å². The molecule has 5 N–H and O–H groups in total. The van der Waals surface area contributed by atoms with Crippen molar-refractivity contribution >= 4 is 5.78 Å². The molecule has 4 unspecified atom stereocenters. The van der Waals surface area contributed by atoms with Crippen LogP contribution in [0.25, 0.3) is 0 Å². The molecule has 106 valence electrons. The van der Waals surface area contributed by atoms with E-state index >= 15 is 0 Å². The van der Waals surface area contributed by atoms with Gasteiger partial charge in [0.25, 0.3) is 0 Å². The van der Waals surface area contributed by atoms with Crippen molar-refractivity contribution in [3.8, 4) is 0 Å². The summed E-state index contributed by atoms with van der Waals surface area (Å²) < 4.78 is 0. The fourth-order valence-electron chi connectivity index (χ4n) is 2.53. The van der Waals surface area contributed by atoms with Gasteiger partial charge in [0.2, 0.25) is 0 Å². The number of carbonyl (C=O) groups excluding carboxylic acids is 1. The first kappa shape index (κ1) is 14.0. The molecule has 6 nitrogen and oxygen atoms in total. The predicted octanol–water partition coefficient (Wildman–Crippen LogP) is 0.0960. The van der Waals surface area contributed by atoms with Gasteiger partial charge in [0.15, 0.2) is 5.78 Å². The zero-order valence-electron chi connectivity index (χ0n) is 10.4. The lowest BCUT2D eigenvalue weighted by Crippen LogP contribution is -2.35. The van der Waals surface area contributed by atoms with Crippen LogP contribution in [0.2, 0.25) is 0 Å². The zero-order chi connectivity index (χ0) is 14.2. The second-order valence-electron chi connectivity index (χ2n) is 5.16. The lowest BCUT2D eigenvalue weighted by molar-refractivity contribution is -0.117. The van der Waals surface area contributed by atoms with E-state index in [4.69, 9.17) is 0 Å². The Kier molecular flexibility index (Phi) is 3.93. The standard InChI is InChI=1S/C13H18O6/c14-8-2-1-6(3-10(8)16)13(19)7-4-11(17)12(18)5-9(7)15/h4,6,8,10,12,14,16-19H,1-3,5H2. The van der Waals surface area contributed by atoms with Crippen LogP contribution in [0.1, 0.15) is 25.7 Å². The molecule has 0 aromatic heterocycles. The molecule has 0 amide bonds. The molecule has 1 fully saturated rings. The monoisotopic (exact) mass is 270 g/mol. The molecule has 1 saturated carbocycles. The van der Waals surface area contributed by atoms with Crippen LogP contribution >= 0.6 is 0 Å². The minimum Gasteiger partial charge on any atom is -0.511 e. The highest BCUT2D eigenvalue weighted by Crippen LogP contribution is 2.32. The van der Waals surface area contributed by atoms with Crippen LogP contribution in [0.15, 0.2) is 23.2 Å². The molecule has 4 atom stereocenters. The summed E-state index contributed by atoms with van der Waals surface area (Å²) in [5, 5.41) is 47.9. The third-order valence-corrected chi connectivity index (χ3v) is 3.76. The van der Waals surface area contributed by atoms with E-state index < -0.39 is 30.0 Å². The first-order chi connectivity index (χ1) is 8.90. The van der Waals surface area contributed by atoms with Gasteiger partial charge in [-0.25, -0.2) is 0 Å². The predicted molar refractivity (Wildman–Crippen MR) is 65.4 cm³/mol. The maximum Gasteiger partial charge on any atom is 0.169 e. The van der Waals surface area contributed by atoms with Gasteiger partial charge in [-0.15, -0.1) is 0 Å². The summed E-state index contributed by atoms with van der Waals surface area (Å²) in [6, 6.07) is 0. The van der Waals surface area contributed by atoms with Crippen molar-refractivity contribution in [2.24, 2.45) is 5.92 Å². The number of hydrogen-bond acceptors (Lipinski definition) is 6. The van der Waals surface area contributed by atoms with Crippen molar-refractivity contribution < 1.29 is 30.3 Å². The van der Waals surface area contributed by atoms with Crippen LogP contribution in [0.4, 0.5) is 0 Å². The van der Waals surface area contributed by atoms with E-state index in [9.17, 15) is 30.3 Å². The summed E-state index contributed by atoms with van der Waals surface area (Å²) in [7, 11) is 0. The van der Waals surface area contributed by atoms with Crippen LogP contribution in [0, 0.1) is 5.92 Å². The smallest absolute Gasteiger partial charge is 0.169 e. The molecule has 0 heterocycles. The first-order valence-electron chi connectivity index (χ1n) is 6.31. The van der Waals surface area contributed by atoms with Gasteiger partial charge in [-0.3, -0.25) is 4.79 Å². The fraction of sp³-hybridized carbons (Fsp3) is 0.615. The summed E-state index contributed by atoms with van der Waals surface area (Å²) in [5.74, 6) is -1.40. The Morgan fingerprint density at radius 3 is 2.47 bits per heavy atom. The molecule has 0 spiro atoms. The maximum absolute atomic E-state index is 11.7. The van der Waals surface area contributed by atoms with Crippen LogP contribution in [-0.4, -0.2) is 49.6 Å². The average Bonchev–Trinajstić information content (AvgIpc) is 2.36. The molecular weight excluding hydrogens is 252 g/mol. The van der Waals surface area contributed by atoms with Crippen molar-refractivity contribution in [3.63, 3.8) is 0 Å². The summed E-state index contributed by atoms with van der Waals surface area (Å²) in [6.07, 6.45) is -1.18. The molecule has 6 heteroatoms. The molecule has 0 bridgehead atoms. The largest absolute Gasteiger partial charge is 0.511 e. The van der Waals surface area contributed by atoms with Gasteiger partial charge in [-0.2, -0.15) is 0 Å². The Morgan fingerprint density at radius 2 is 1.84 bits per heavy atom. The number of aliphatic hydroxyl groups excluding tert-OH is 5. The van der Waals surface area contributed by atoms with E-state index in [-0.39, 0.29) is 29.9 Å². The van der Waals surface area contributed by atoms with Gasteiger partial charge >= 0.3 is 0 Å². The van der Waals surface area contributed by atoms with Crippen molar-refractivity contribution in [1.29, 1.82) is 0 Å². The van der Waals surface area contributed by atoms with E-state index in [1.807, 2.05) is 0 Å². The third kappa shape index (κ3) is 2.80. The molecular formula is C13H18O6. The number of rotatable bonds is 1. The van der Waals surface area contributed by atoms with Gasteiger partial charge < -0.3 is 25.5 Å². The second-order valence-corrected chi connectivity index (χ2v) is 5.16. The van der Waals surface area contributed by atoms with Gasteiger partial charge in [-0.1, -0.05) is 0 Å². The highest BCUT2D eigenvalue weighted by molar-refractivity contribution is 6.00. The minimum absolute atomic E-state index is 0.0172. The van der Waals surface area contributed by atoms with Crippen molar-refractivity contribution in [1.82, 2.24) is 0 Å². The Labute approximate surface area is 110 Å². The average molecular weight is 270 g/mol. The summed E-state index contributed by atoms with van der Waals surface area (Å²) in [4.78, 5) is 11.7. The van der Waals surface area contributed by atoms with E-state index in [1.165, 1.54) is 0 Å². The molecule has 19 heavy (non-hydrogen) atoms. The molecule has 0 radical (unpaired) electrons. The molecule has 2 aliphatic carbocycles. The van der Waals surface area contributed by atoms with E-state index in [2.05, 4.69) is 0 Å². The number of allylic oxidation sites excluding steroid dienone is 3. The Balaban J connectivity index is 2.24. The number of carbonyl (C=O) groups is 1. The number of hydrogen-bond donors (Lipinski definition) is 5. The van der Waals surface area contributed by atoms with Crippen molar-refractivity contribution in [3.05, 3.63) is 23.2 Å². The Bertz CT molecular complexity index is 438. The molecule has 0 aromatic rings. The van der Waals surface area contributed by atoms with Gasteiger partial charge in [0.1, 0.15) is 17.6 Å². The third-order valence-electron chi connectivity index (χ3n) is 3.76. The molecule has 0 aromatic carbocycles. The molecule has 0 saturated heterocycles. The Morgan fingerprint density at radius 1 is 1.16 bits per heavy atom. The zero-order valence-corrected chi connectivity index (χ0v) is 10.4. The van der Waals surface area contributed by atoms with E-state index in [0.717, 1.165) is 6.08 Å². The molecule has 0 aliphatic heterocycles. The number of aliphatic hydroxyl groups is 5. The first-order valence-corrected chi connectivity index (χ1v) is 6.31. The van der Waals surface area contributed by atoms with E-state index in [1.54, 1.807) is 0 Å². The number of ketones is 1. The summed E-state index contributed by atoms with van der Waals surface area (Å²) in [6.45, 7) is 0. The molecule has 2 rings (SSSR count). The van der Waals surface area contributed by atoms with Crippen LogP contribution in [-0.2, 0) is 4.79 Å². The van der Waals surface area contributed by atoms with Crippen LogP contribution in [0.5, 0.6) is 0 Å². The van der Waals surface area contributed by atoms with Crippen LogP contribution in [0.3, 0.4) is 0 Å². The van der Waals surface area contributed by atoms with Gasteiger partial charge in [0.05, 0.1) is 17.8 Å². The fourth-order valence-corrected chi connectivity index (χ4v) is 2.53. The topological polar surface area (TPSA) is 118 Å².